The molecule has 0 bridgehead atoms. The molecule has 0 rings (SSSR count). The Hall–Kier alpha value is -1.49. The van der Waals surface area contributed by atoms with Crippen molar-refractivity contribution in [2.75, 3.05) is 7.11 Å². The lowest BCUT2D eigenvalue weighted by atomic mass is 9.88. The van der Waals surface area contributed by atoms with Crippen LogP contribution in [-0.4, -0.2) is 49.0 Å². The molecule has 0 aliphatic heterocycles. The van der Waals surface area contributed by atoms with E-state index < -0.39 is 60.7 Å². The summed E-state index contributed by atoms with van der Waals surface area (Å²) in [5, 5.41) is 0. The molecule has 0 aliphatic carbocycles. The van der Waals surface area contributed by atoms with Crippen LogP contribution in [0.15, 0.2) is 11.7 Å². The number of halogens is 17. The molecule has 0 radical (unpaired) electrons. The zero-order valence-electron chi connectivity index (χ0n) is 12.3. The van der Waals surface area contributed by atoms with Crippen LogP contribution in [0.2, 0.25) is 0 Å². The molecule has 0 N–H and O–H groups in total. The van der Waals surface area contributed by atoms with Crippen molar-refractivity contribution in [1.82, 2.24) is 0 Å². The summed E-state index contributed by atoms with van der Waals surface area (Å²) in [4.78, 5) is 0. The summed E-state index contributed by atoms with van der Waals surface area (Å²) in [6.07, 6.45) is -30.5. The van der Waals surface area contributed by atoms with Gasteiger partial charge in [0, 0.05) is 7.11 Å². The van der Waals surface area contributed by atoms with E-state index in [1.54, 1.807) is 0 Å². The van der Waals surface area contributed by atoms with Crippen LogP contribution in [0.1, 0.15) is 0 Å². The third-order valence-corrected chi connectivity index (χ3v) is 3.09. The zero-order valence-corrected chi connectivity index (χ0v) is 12.3. The summed E-state index contributed by atoms with van der Waals surface area (Å²) in [6, 6.07) is 0. The van der Waals surface area contributed by atoms with E-state index in [-0.39, 0.29) is 0 Å². The molecule has 0 saturated heterocycles. The van der Waals surface area contributed by atoms with E-state index in [0.717, 1.165) is 0 Å². The van der Waals surface area contributed by atoms with Gasteiger partial charge in [0.25, 0.3) is 5.60 Å². The van der Waals surface area contributed by atoms with Gasteiger partial charge in [0.2, 0.25) is 0 Å². The molecule has 0 aromatic heterocycles. The molecule has 0 aliphatic rings. The smallest absolute Gasteiger partial charge is 0.357 e. The summed E-state index contributed by atoms with van der Waals surface area (Å²) >= 11 is 0. The summed E-state index contributed by atoms with van der Waals surface area (Å²) in [5.41, 5.74) is -14.9. The normalized spacial score (nSPS) is 18.6. The molecule has 1 nitrogen and oxygen atoms in total. The highest BCUT2D eigenvalue weighted by atomic mass is 19.4. The fourth-order valence-electron chi connectivity index (χ4n) is 1.69. The summed E-state index contributed by atoms with van der Waals surface area (Å²) in [7, 11) is -0.874. The lowest BCUT2D eigenvalue weighted by Crippen LogP contribution is -2.67. The Kier molecular flexibility index (Phi) is 6.43. The number of rotatable bonds is 4. The lowest BCUT2D eigenvalue weighted by molar-refractivity contribution is -0.400. The van der Waals surface area contributed by atoms with Crippen LogP contribution in [-0.2, 0) is 4.74 Å². The van der Waals surface area contributed by atoms with Crippen molar-refractivity contribution in [2.24, 2.45) is 0 Å². The van der Waals surface area contributed by atoms with E-state index in [2.05, 4.69) is 4.74 Å². The van der Waals surface area contributed by atoms with Crippen molar-refractivity contribution in [3.63, 3.8) is 0 Å². The monoisotopic (exact) mass is 462 g/mol. The van der Waals surface area contributed by atoms with E-state index in [1.807, 2.05) is 0 Å². The van der Waals surface area contributed by atoms with Gasteiger partial charge in [-0.25, -0.2) is 13.2 Å². The van der Waals surface area contributed by atoms with Gasteiger partial charge in [-0.3, -0.25) is 0 Å². The third kappa shape index (κ3) is 3.47. The molecule has 1 atom stereocenters. The van der Waals surface area contributed by atoms with Crippen molar-refractivity contribution < 1.29 is 79.4 Å². The van der Waals surface area contributed by atoms with Crippen LogP contribution < -0.4 is 0 Å². The van der Waals surface area contributed by atoms with E-state index in [4.69, 9.17) is 0 Å². The van der Waals surface area contributed by atoms with Crippen molar-refractivity contribution in [3.8, 4) is 0 Å². The second-order valence-electron chi connectivity index (χ2n) is 4.74. The number of hydrogen-bond acceptors (Lipinski definition) is 1. The topological polar surface area (TPSA) is 9.23 Å². The van der Waals surface area contributed by atoms with Gasteiger partial charge in [0.05, 0.1) is 0 Å². The van der Waals surface area contributed by atoms with Gasteiger partial charge in [0.1, 0.15) is 0 Å². The maximum atomic E-state index is 13.6. The van der Waals surface area contributed by atoms with Gasteiger partial charge in [-0.15, -0.1) is 0 Å². The Balaban J connectivity index is 7.49. The molecule has 0 heterocycles. The number of hydrogen-bond donors (Lipinski definition) is 0. The molecule has 0 fully saturated rings. The van der Waals surface area contributed by atoms with E-state index in [0.29, 0.717) is 0 Å². The first kappa shape index (κ1) is 26.5. The SMILES string of the molecule is COC(/C(F)=C(\F)C(F)(C(F)(F)F)C(F)(F)F)(C(F)(F)F)C(F)(F)C(F)(F)F. The maximum absolute atomic E-state index is 13.6. The first-order valence-corrected chi connectivity index (χ1v) is 5.83. The van der Waals surface area contributed by atoms with Gasteiger partial charge in [-0.05, 0) is 0 Å². The number of allylic oxidation sites excluding steroid dienone is 1. The average Bonchev–Trinajstić information content (AvgIpc) is 2.41. The Morgan fingerprint density at radius 3 is 1.00 bits per heavy atom. The molecular weight excluding hydrogens is 459 g/mol. The second-order valence-corrected chi connectivity index (χ2v) is 4.74. The van der Waals surface area contributed by atoms with Crippen LogP contribution in [0.25, 0.3) is 0 Å². The second kappa shape index (κ2) is 6.79. The molecular formula is C10H3F17O. The number of ether oxygens (including phenoxy) is 1. The van der Waals surface area contributed by atoms with Crippen molar-refractivity contribution >= 4 is 0 Å². The van der Waals surface area contributed by atoms with Gasteiger partial charge in [0.15, 0.2) is 11.7 Å². The van der Waals surface area contributed by atoms with Crippen LogP contribution in [0, 0.1) is 0 Å². The standard InChI is InChI=1S/C10H3F17O/c1-28-5(9(22,23)24,6(14,15)10(25,26)27)3(12)2(11)4(13,7(16,17)18)8(19,20)21/h1H3/b3-2+. The predicted octanol–water partition coefficient (Wildman–Crippen LogP) is 6.12. The molecule has 0 saturated carbocycles. The highest BCUT2D eigenvalue weighted by molar-refractivity contribution is 5.31. The molecule has 1 unspecified atom stereocenters. The van der Waals surface area contributed by atoms with Crippen LogP contribution in [0.3, 0.4) is 0 Å². The first-order valence-electron chi connectivity index (χ1n) is 5.83. The average molecular weight is 462 g/mol. The largest absolute Gasteiger partial charge is 0.457 e. The van der Waals surface area contributed by atoms with Gasteiger partial charge in [-0.2, -0.15) is 61.5 Å². The van der Waals surface area contributed by atoms with Crippen LogP contribution in [0.5, 0.6) is 0 Å². The van der Waals surface area contributed by atoms with Crippen molar-refractivity contribution in [2.45, 2.75) is 41.9 Å². The molecule has 0 aromatic carbocycles. The summed E-state index contributed by atoms with van der Waals surface area (Å²) in [6.45, 7) is 0. The van der Waals surface area contributed by atoms with Gasteiger partial charge < -0.3 is 4.74 Å². The van der Waals surface area contributed by atoms with Crippen LogP contribution >= 0.6 is 0 Å². The molecule has 168 valence electrons. The first-order chi connectivity index (χ1) is 11.9. The number of alkyl halides is 15. The van der Waals surface area contributed by atoms with Gasteiger partial charge >= 0.3 is 36.3 Å². The Morgan fingerprint density at radius 2 is 0.821 bits per heavy atom. The maximum Gasteiger partial charge on any atom is 0.457 e. The molecule has 0 amide bonds. The highest BCUT2D eigenvalue weighted by Crippen LogP contribution is 2.60. The minimum Gasteiger partial charge on any atom is -0.357 e. The molecule has 28 heavy (non-hydrogen) atoms. The molecule has 18 heteroatoms. The lowest BCUT2D eigenvalue weighted by Gasteiger charge is -2.40. The minimum absolute atomic E-state index is 0.874. The van der Waals surface area contributed by atoms with Gasteiger partial charge in [-0.1, -0.05) is 0 Å². The third-order valence-electron chi connectivity index (χ3n) is 3.09. The fraction of sp³-hybridized carbons (Fsp3) is 0.800. The van der Waals surface area contributed by atoms with E-state index in [1.165, 1.54) is 0 Å². The molecule has 0 aromatic rings. The Morgan fingerprint density at radius 1 is 0.500 bits per heavy atom. The predicted molar refractivity (Wildman–Crippen MR) is 52.0 cm³/mol. The highest BCUT2D eigenvalue weighted by Gasteiger charge is 2.85. The quantitative estimate of drug-likeness (QED) is 0.458. The van der Waals surface area contributed by atoms with Crippen molar-refractivity contribution in [1.29, 1.82) is 0 Å². The fourth-order valence-corrected chi connectivity index (χ4v) is 1.69. The van der Waals surface area contributed by atoms with Crippen LogP contribution in [0.4, 0.5) is 74.6 Å². The summed E-state index contributed by atoms with van der Waals surface area (Å²) < 4.78 is 218. The minimum atomic E-state index is -7.72. The van der Waals surface area contributed by atoms with E-state index in [9.17, 15) is 74.6 Å². The Bertz CT molecular complexity index is 587. The molecule has 0 spiro atoms. The van der Waals surface area contributed by atoms with E-state index >= 15 is 0 Å². The zero-order chi connectivity index (χ0) is 23.4. The summed E-state index contributed by atoms with van der Waals surface area (Å²) in [5.74, 6) is -18.2. The Labute approximate surface area is 141 Å². The number of methoxy groups -OCH3 is 1. The van der Waals surface area contributed by atoms with Crippen molar-refractivity contribution in [3.05, 3.63) is 11.7 Å².